The van der Waals surface area contributed by atoms with Crippen molar-refractivity contribution in [3.05, 3.63) is 75.4 Å². The predicted octanol–water partition coefficient (Wildman–Crippen LogP) is 4.81. The Labute approximate surface area is 193 Å². The second-order valence-electron chi connectivity index (χ2n) is 7.39. The molecule has 4 aromatic rings. The lowest BCUT2D eigenvalue weighted by atomic mass is 10.0. The van der Waals surface area contributed by atoms with Gasteiger partial charge in [-0.2, -0.15) is 0 Å². The Morgan fingerprint density at radius 3 is 2.50 bits per heavy atom. The van der Waals surface area contributed by atoms with E-state index in [0.29, 0.717) is 39.4 Å². The summed E-state index contributed by atoms with van der Waals surface area (Å²) in [6.07, 6.45) is 1.33. The lowest BCUT2D eigenvalue weighted by Gasteiger charge is -2.10. The number of furan rings is 2. The predicted molar refractivity (Wildman–Crippen MR) is 120 cm³/mol. The molecule has 4 rings (SSSR count). The normalized spacial score (nSPS) is 10.9. The van der Waals surface area contributed by atoms with E-state index >= 15 is 0 Å². The first-order chi connectivity index (χ1) is 16.3. The van der Waals surface area contributed by atoms with Gasteiger partial charge in [0.15, 0.2) is 0 Å². The van der Waals surface area contributed by atoms with Crippen molar-refractivity contribution < 1.29 is 37.1 Å². The van der Waals surface area contributed by atoms with Crippen LogP contribution >= 0.6 is 0 Å². The number of hydrogen-bond acceptors (Lipinski definition) is 9. The summed E-state index contributed by atoms with van der Waals surface area (Å²) in [5.41, 5.74) is 1.43. The van der Waals surface area contributed by atoms with E-state index in [1.165, 1.54) is 25.5 Å². The SMILES string of the molecule is CCOC(=O)c1ccc(COc2ccc3c(=O)c(-c4cc(C(=O)OC)oc4C)coc3c2C)o1. The lowest BCUT2D eigenvalue weighted by molar-refractivity contribution is 0.0485. The minimum atomic E-state index is -0.636. The highest BCUT2D eigenvalue weighted by molar-refractivity contribution is 5.90. The van der Waals surface area contributed by atoms with Crippen LogP contribution in [0.5, 0.6) is 5.75 Å². The zero-order valence-electron chi connectivity index (χ0n) is 19.1. The van der Waals surface area contributed by atoms with Crippen LogP contribution in [0.3, 0.4) is 0 Å². The molecule has 3 aromatic heterocycles. The van der Waals surface area contributed by atoms with Crippen molar-refractivity contribution in [1.82, 2.24) is 0 Å². The van der Waals surface area contributed by atoms with Gasteiger partial charge >= 0.3 is 11.9 Å². The molecule has 0 fully saturated rings. The molecule has 1 aromatic carbocycles. The third-order valence-electron chi connectivity index (χ3n) is 5.24. The Morgan fingerprint density at radius 2 is 1.76 bits per heavy atom. The molecule has 176 valence electrons. The van der Waals surface area contributed by atoms with Crippen LogP contribution < -0.4 is 10.2 Å². The molecule has 0 atom stereocenters. The number of carbonyl (C=O) groups excluding carboxylic acids is 2. The van der Waals surface area contributed by atoms with Crippen LogP contribution in [0.25, 0.3) is 22.1 Å². The quantitative estimate of drug-likeness (QED) is 0.354. The van der Waals surface area contributed by atoms with Crippen molar-refractivity contribution >= 4 is 22.9 Å². The topological polar surface area (TPSA) is 118 Å². The number of carbonyl (C=O) groups is 2. The molecule has 0 aliphatic rings. The number of rotatable bonds is 7. The number of ether oxygens (including phenoxy) is 3. The zero-order chi connectivity index (χ0) is 24.4. The van der Waals surface area contributed by atoms with Crippen molar-refractivity contribution in [3.8, 4) is 16.9 Å². The van der Waals surface area contributed by atoms with Gasteiger partial charge in [0.05, 0.1) is 24.7 Å². The first kappa shape index (κ1) is 22.9. The number of methoxy groups -OCH3 is 1. The Kier molecular flexibility index (Phi) is 6.27. The Hall–Kier alpha value is -4.27. The molecule has 0 amide bonds. The molecule has 0 bridgehead atoms. The standard InChI is InChI=1S/C25H22O9/c1-5-30-25(28)20-8-6-15(34-20)11-31-19-9-7-16-22(26)18(12-32-23(16)13(19)2)17-10-21(24(27)29-4)33-14(17)3/h6-10,12H,5,11H2,1-4H3. The molecule has 0 N–H and O–H groups in total. The summed E-state index contributed by atoms with van der Waals surface area (Å²) < 4.78 is 32.1. The summed E-state index contributed by atoms with van der Waals surface area (Å²) in [4.78, 5) is 36.7. The van der Waals surface area contributed by atoms with Crippen LogP contribution in [-0.4, -0.2) is 25.7 Å². The van der Waals surface area contributed by atoms with Gasteiger partial charge in [-0.05, 0) is 51.1 Å². The molecular weight excluding hydrogens is 444 g/mol. The van der Waals surface area contributed by atoms with Crippen molar-refractivity contribution in [1.29, 1.82) is 0 Å². The third-order valence-corrected chi connectivity index (χ3v) is 5.24. The van der Waals surface area contributed by atoms with E-state index in [2.05, 4.69) is 4.74 Å². The van der Waals surface area contributed by atoms with Crippen LogP contribution in [0.15, 0.2) is 54.6 Å². The molecular formula is C25H22O9. The average molecular weight is 466 g/mol. The molecule has 0 radical (unpaired) electrons. The fraction of sp³-hybridized carbons (Fsp3) is 0.240. The monoisotopic (exact) mass is 466 g/mol. The van der Waals surface area contributed by atoms with Gasteiger partial charge < -0.3 is 27.5 Å². The van der Waals surface area contributed by atoms with E-state index in [9.17, 15) is 14.4 Å². The number of hydrogen-bond donors (Lipinski definition) is 0. The van der Waals surface area contributed by atoms with Gasteiger partial charge in [0.2, 0.25) is 16.9 Å². The van der Waals surface area contributed by atoms with Gasteiger partial charge in [0.1, 0.15) is 35.7 Å². The second kappa shape index (κ2) is 9.30. The fourth-order valence-electron chi connectivity index (χ4n) is 3.53. The van der Waals surface area contributed by atoms with Gasteiger partial charge in [0.25, 0.3) is 0 Å². The summed E-state index contributed by atoms with van der Waals surface area (Å²) in [6.45, 7) is 5.45. The Morgan fingerprint density at radius 1 is 0.971 bits per heavy atom. The van der Waals surface area contributed by atoms with Crippen LogP contribution in [0.1, 0.15) is 45.1 Å². The molecule has 0 aliphatic heterocycles. The Bertz CT molecular complexity index is 1430. The van der Waals surface area contributed by atoms with Gasteiger partial charge in [-0.15, -0.1) is 0 Å². The first-order valence-electron chi connectivity index (χ1n) is 10.5. The highest BCUT2D eigenvalue weighted by Crippen LogP contribution is 2.31. The summed E-state index contributed by atoms with van der Waals surface area (Å²) in [6, 6.07) is 7.88. The van der Waals surface area contributed by atoms with Crippen LogP contribution in [-0.2, 0) is 16.1 Å². The summed E-state index contributed by atoms with van der Waals surface area (Å²) in [7, 11) is 1.25. The third kappa shape index (κ3) is 4.19. The van der Waals surface area contributed by atoms with Crippen LogP contribution in [0.2, 0.25) is 0 Å². The maximum Gasteiger partial charge on any atom is 0.374 e. The van der Waals surface area contributed by atoms with Crippen molar-refractivity contribution in [2.24, 2.45) is 0 Å². The molecule has 0 unspecified atom stereocenters. The number of benzene rings is 1. The number of fused-ring (bicyclic) bond motifs is 1. The molecule has 9 nitrogen and oxygen atoms in total. The van der Waals surface area contributed by atoms with E-state index in [1.807, 2.05) is 0 Å². The maximum absolute atomic E-state index is 13.2. The minimum Gasteiger partial charge on any atom is -0.485 e. The highest BCUT2D eigenvalue weighted by atomic mass is 16.5. The second-order valence-corrected chi connectivity index (χ2v) is 7.39. The molecule has 0 saturated carbocycles. The van der Waals surface area contributed by atoms with Crippen molar-refractivity contribution in [2.45, 2.75) is 27.4 Å². The summed E-state index contributed by atoms with van der Waals surface area (Å²) >= 11 is 0. The van der Waals surface area contributed by atoms with E-state index in [-0.39, 0.29) is 35.7 Å². The van der Waals surface area contributed by atoms with Crippen molar-refractivity contribution in [3.63, 3.8) is 0 Å². The molecule has 0 aliphatic carbocycles. The molecule has 9 heteroatoms. The van der Waals surface area contributed by atoms with E-state index < -0.39 is 11.9 Å². The largest absolute Gasteiger partial charge is 0.485 e. The van der Waals surface area contributed by atoms with Gasteiger partial charge in [-0.25, -0.2) is 9.59 Å². The fourth-order valence-corrected chi connectivity index (χ4v) is 3.53. The van der Waals surface area contributed by atoms with Crippen LogP contribution in [0, 0.1) is 13.8 Å². The zero-order valence-corrected chi connectivity index (χ0v) is 19.1. The molecule has 0 spiro atoms. The van der Waals surface area contributed by atoms with E-state index in [0.717, 1.165) is 0 Å². The molecule has 0 saturated heterocycles. The molecule has 3 heterocycles. The maximum atomic E-state index is 13.2. The average Bonchev–Trinajstić information content (AvgIpc) is 3.46. The highest BCUT2D eigenvalue weighted by Gasteiger charge is 2.20. The van der Waals surface area contributed by atoms with Crippen LogP contribution in [0.4, 0.5) is 0 Å². The number of esters is 2. The molecule has 34 heavy (non-hydrogen) atoms. The Balaban J connectivity index is 1.60. The number of aryl methyl sites for hydroxylation is 2. The van der Waals surface area contributed by atoms with E-state index in [4.69, 9.17) is 22.7 Å². The van der Waals surface area contributed by atoms with E-state index in [1.54, 1.807) is 39.0 Å². The van der Waals surface area contributed by atoms with Gasteiger partial charge in [-0.3, -0.25) is 4.79 Å². The summed E-state index contributed by atoms with van der Waals surface area (Å²) in [5, 5.41) is 0.352. The van der Waals surface area contributed by atoms with Crippen molar-refractivity contribution in [2.75, 3.05) is 13.7 Å². The first-order valence-corrected chi connectivity index (χ1v) is 10.5. The smallest absolute Gasteiger partial charge is 0.374 e. The lowest BCUT2D eigenvalue weighted by Crippen LogP contribution is -2.06. The van der Waals surface area contributed by atoms with Gasteiger partial charge in [-0.1, -0.05) is 0 Å². The summed E-state index contributed by atoms with van der Waals surface area (Å²) in [5.74, 6) is 0.242. The minimum absolute atomic E-state index is 0.00142. The van der Waals surface area contributed by atoms with Gasteiger partial charge in [0, 0.05) is 11.1 Å².